The van der Waals surface area contributed by atoms with Crippen molar-refractivity contribution in [3.63, 3.8) is 0 Å². The molecule has 9 heteroatoms. The first-order valence-electron chi connectivity index (χ1n) is 5.94. The molecule has 0 aromatic rings. The first-order valence-corrected chi connectivity index (χ1v) is 5.94. The third-order valence-electron chi connectivity index (χ3n) is 1.15. The second kappa shape index (κ2) is 50.0. The van der Waals surface area contributed by atoms with E-state index in [1.807, 2.05) is 0 Å². The predicted molar refractivity (Wildman–Crippen MR) is 72.7 cm³/mol. The molecule has 0 bridgehead atoms. The van der Waals surface area contributed by atoms with Gasteiger partial charge in [0, 0.05) is 72.5 Å². The number of rotatable bonds is 8. The van der Waals surface area contributed by atoms with E-state index in [0.29, 0.717) is 26.4 Å². The summed E-state index contributed by atoms with van der Waals surface area (Å²) >= 11 is 0. The number of ether oxygens (including phenoxy) is 4. The molecule has 4 radical (unpaired) electrons. The van der Waals surface area contributed by atoms with Gasteiger partial charge in [-0.25, -0.2) is 0 Å². The quantitative estimate of drug-likeness (QED) is 0.390. The summed E-state index contributed by atoms with van der Waals surface area (Å²) in [5.41, 5.74) is 0. The van der Waals surface area contributed by atoms with Crippen LogP contribution in [0.15, 0.2) is 0 Å². The summed E-state index contributed by atoms with van der Waals surface area (Å²) in [5, 5.41) is 37.6. The van der Waals surface area contributed by atoms with E-state index in [-0.39, 0.29) is 44.0 Å². The van der Waals surface area contributed by atoms with Crippen molar-refractivity contribution in [2.75, 3.05) is 81.3 Å². The van der Waals surface area contributed by atoms with Crippen molar-refractivity contribution in [1.82, 2.24) is 0 Å². The Morgan fingerprint density at radius 3 is 0.619 bits per heavy atom. The molecule has 0 saturated carbocycles. The van der Waals surface area contributed by atoms with Crippen molar-refractivity contribution in [2.45, 2.75) is 0 Å². The summed E-state index contributed by atoms with van der Waals surface area (Å²) in [4.78, 5) is 0. The predicted octanol–water partition coefficient (Wildman–Crippen LogP) is -4.41. The third-order valence-corrected chi connectivity index (χ3v) is 1.15. The Morgan fingerprint density at radius 2 is 0.619 bits per heavy atom. The van der Waals surface area contributed by atoms with E-state index in [0.717, 1.165) is 0 Å². The second-order valence-electron chi connectivity index (χ2n) is 2.79. The maximum absolute atomic E-state index is 9.40. The molecule has 0 heterocycles. The van der Waals surface area contributed by atoms with E-state index in [9.17, 15) is 20.4 Å². The average molecular weight is 373 g/mol. The zero-order valence-corrected chi connectivity index (χ0v) is 15.5. The van der Waals surface area contributed by atoms with Gasteiger partial charge in [0.1, 0.15) is 0 Å². The summed E-state index contributed by atoms with van der Waals surface area (Å²) in [5.74, 6) is 0. The summed E-state index contributed by atoms with van der Waals surface area (Å²) in [7, 11) is 6.05. The number of methoxy groups -OCH3 is 4. The average Bonchev–Trinajstić information content (AvgIpc) is 2.44. The Morgan fingerprint density at radius 1 is 0.476 bits per heavy atom. The Labute approximate surface area is 138 Å². The van der Waals surface area contributed by atoms with Crippen LogP contribution in [0, 0.1) is 0 Å². The van der Waals surface area contributed by atoms with Gasteiger partial charge in [0.25, 0.3) is 0 Å². The van der Waals surface area contributed by atoms with E-state index < -0.39 is 0 Å². The minimum Gasteiger partial charge on any atom is -0.853 e. The van der Waals surface area contributed by atoms with E-state index >= 15 is 0 Å². The summed E-state index contributed by atoms with van der Waals surface area (Å²) in [6, 6.07) is 0. The van der Waals surface area contributed by atoms with E-state index in [4.69, 9.17) is 0 Å². The van der Waals surface area contributed by atoms with E-state index in [1.54, 1.807) is 0 Å². The smallest absolute Gasteiger partial charge is 0.0354 e. The van der Waals surface area contributed by atoms with Crippen molar-refractivity contribution in [3.05, 3.63) is 0 Å². The van der Waals surface area contributed by atoms with Crippen molar-refractivity contribution in [1.29, 1.82) is 0 Å². The first-order chi connectivity index (χ1) is 9.66. The van der Waals surface area contributed by atoms with Gasteiger partial charge in [-0.15, -0.1) is 26.4 Å². The fraction of sp³-hybridized carbons (Fsp3) is 1.00. The molecule has 0 N–H and O–H groups in total. The molecule has 0 aliphatic carbocycles. The molecule has 21 heavy (non-hydrogen) atoms. The molecule has 132 valence electrons. The Hall–Kier alpha value is 0.223. The maximum atomic E-state index is 9.40. The van der Waals surface area contributed by atoms with Crippen molar-refractivity contribution >= 4 is 17.6 Å². The van der Waals surface area contributed by atoms with Gasteiger partial charge in [-0.2, -0.15) is 0 Å². The third kappa shape index (κ3) is 99.3. The number of hydrogen-bond acceptors (Lipinski definition) is 8. The molecule has 0 aromatic carbocycles. The number of hydrogen-bond donors (Lipinski definition) is 0. The van der Waals surface area contributed by atoms with E-state index in [1.165, 1.54) is 28.4 Å². The fourth-order valence-corrected chi connectivity index (χ4v) is 0.333. The Balaban J connectivity index is -0.0000000533. The SMILES string of the molecule is COCC[O-].COCC[O-].COCC[O-].COCC[O-].[Ge]. The topological polar surface area (TPSA) is 129 Å². The molecule has 0 unspecified atom stereocenters. The van der Waals surface area contributed by atoms with Crippen LogP contribution in [0.2, 0.25) is 0 Å². The summed E-state index contributed by atoms with van der Waals surface area (Å²) in [6.45, 7) is 0.819. The molecule has 0 rings (SSSR count). The van der Waals surface area contributed by atoms with Gasteiger partial charge in [-0.3, -0.25) is 0 Å². The monoisotopic (exact) mass is 374 g/mol. The van der Waals surface area contributed by atoms with Crippen LogP contribution < -0.4 is 20.4 Å². The van der Waals surface area contributed by atoms with Gasteiger partial charge in [0.2, 0.25) is 0 Å². The molecule has 0 aromatic heterocycles. The molecule has 0 aliphatic rings. The van der Waals surface area contributed by atoms with Crippen LogP contribution in [-0.2, 0) is 18.9 Å². The maximum Gasteiger partial charge on any atom is 0.0354 e. The fourth-order valence-electron chi connectivity index (χ4n) is 0.333. The zero-order valence-electron chi connectivity index (χ0n) is 13.4. The van der Waals surface area contributed by atoms with Crippen molar-refractivity contribution in [2.24, 2.45) is 0 Å². The van der Waals surface area contributed by atoms with Crippen LogP contribution in [0.25, 0.3) is 0 Å². The van der Waals surface area contributed by atoms with Gasteiger partial charge in [-0.05, 0) is 0 Å². The molecule has 0 spiro atoms. The molecular formula is C12H28GeO8-4. The molecule has 8 nitrogen and oxygen atoms in total. The zero-order chi connectivity index (χ0) is 16.5. The standard InChI is InChI=1S/4C3H7O2.Ge/c4*1-5-3-2-4;/h4*2-3H2,1H3;/q4*-1;. The van der Waals surface area contributed by atoms with Crippen LogP contribution in [0.1, 0.15) is 0 Å². The molecule has 0 saturated heterocycles. The Kier molecular flexibility index (Phi) is 78.6. The second-order valence-corrected chi connectivity index (χ2v) is 2.79. The van der Waals surface area contributed by atoms with Crippen molar-refractivity contribution < 1.29 is 39.4 Å². The van der Waals surface area contributed by atoms with Crippen LogP contribution >= 0.6 is 0 Å². The molecule has 0 aliphatic heterocycles. The van der Waals surface area contributed by atoms with Crippen LogP contribution in [-0.4, -0.2) is 98.9 Å². The van der Waals surface area contributed by atoms with Gasteiger partial charge in [0.05, 0.1) is 0 Å². The molecular weight excluding hydrogens is 345 g/mol. The van der Waals surface area contributed by atoms with Gasteiger partial charge in [-0.1, -0.05) is 0 Å². The van der Waals surface area contributed by atoms with Crippen molar-refractivity contribution in [3.8, 4) is 0 Å². The Bertz CT molecular complexity index is 79.3. The van der Waals surface area contributed by atoms with Gasteiger partial charge < -0.3 is 39.4 Å². The first kappa shape index (κ1) is 33.0. The molecule has 0 fully saturated rings. The van der Waals surface area contributed by atoms with Gasteiger partial charge >= 0.3 is 0 Å². The van der Waals surface area contributed by atoms with Crippen LogP contribution in [0.4, 0.5) is 0 Å². The van der Waals surface area contributed by atoms with Crippen LogP contribution in [0.3, 0.4) is 0 Å². The summed E-state index contributed by atoms with van der Waals surface area (Å²) < 4.78 is 17.5. The van der Waals surface area contributed by atoms with Crippen LogP contribution in [0.5, 0.6) is 0 Å². The largest absolute Gasteiger partial charge is 0.853 e. The molecule has 0 atom stereocenters. The van der Waals surface area contributed by atoms with Gasteiger partial charge in [0.15, 0.2) is 0 Å². The minimum absolute atomic E-state index is 0. The summed E-state index contributed by atoms with van der Waals surface area (Å²) in [6.07, 6.45) is 0. The molecule has 0 amide bonds. The van der Waals surface area contributed by atoms with E-state index in [2.05, 4.69) is 18.9 Å². The normalized spacial score (nSPS) is 8.00. The minimum atomic E-state index is -0.128.